The van der Waals surface area contributed by atoms with Crippen LogP contribution in [-0.2, 0) is 4.79 Å². The number of nitrogens with one attached hydrogen (secondary N) is 1. The third kappa shape index (κ3) is 34.5. The molecule has 0 spiro atoms. The van der Waals surface area contributed by atoms with E-state index in [9.17, 15) is 15.0 Å². The average Bonchev–Trinajstić information content (AvgIpc) is 3.07. The van der Waals surface area contributed by atoms with Crippen molar-refractivity contribution >= 4 is 5.91 Å². The molecule has 2 unspecified atom stereocenters. The van der Waals surface area contributed by atoms with Gasteiger partial charge in [-0.2, -0.15) is 0 Å². The van der Waals surface area contributed by atoms with Crippen molar-refractivity contribution < 1.29 is 15.0 Å². The zero-order chi connectivity index (χ0) is 34.3. The minimum absolute atomic E-state index is 0.0935. The number of carbonyl (C=O) groups excluding carboxylic acids is 1. The Morgan fingerprint density at radius 2 is 0.894 bits per heavy atom. The molecule has 0 aliphatic heterocycles. The van der Waals surface area contributed by atoms with Crippen LogP contribution >= 0.6 is 0 Å². The summed E-state index contributed by atoms with van der Waals surface area (Å²) in [5.41, 5.74) is 0. The molecule has 47 heavy (non-hydrogen) atoms. The molecule has 0 saturated carbocycles. The van der Waals surface area contributed by atoms with E-state index >= 15 is 0 Å². The van der Waals surface area contributed by atoms with Gasteiger partial charge in [-0.1, -0.05) is 156 Å². The fourth-order valence-corrected chi connectivity index (χ4v) is 4.95. The SMILES string of the molecule is CC/C=C\C/C=C\C/C=C\C/C=C\C/C=C\CCCCCCCCCCCC(=O)NC(CO)C(O)/C=C/CC/C=C/CC/C=C/CC. The Kier molecular flexibility index (Phi) is 35.6. The topological polar surface area (TPSA) is 69.6 Å². The molecule has 0 heterocycles. The van der Waals surface area contributed by atoms with Gasteiger partial charge in [0.25, 0.3) is 0 Å². The Hall–Kier alpha value is -2.69. The first-order valence-electron chi connectivity index (χ1n) is 19.0. The summed E-state index contributed by atoms with van der Waals surface area (Å²) < 4.78 is 0. The molecular formula is C43H71NO3. The Balaban J connectivity index is 3.66. The summed E-state index contributed by atoms with van der Waals surface area (Å²) in [5.74, 6) is -0.0935. The zero-order valence-corrected chi connectivity index (χ0v) is 30.3. The van der Waals surface area contributed by atoms with Crippen LogP contribution < -0.4 is 5.32 Å². The lowest BCUT2D eigenvalue weighted by Crippen LogP contribution is -2.45. The van der Waals surface area contributed by atoms with Crippen molar-refractivity contribution in [3.05, 3.63) is 97.2 Å². The lowest BCUT2D eigenvalue weighted by Gasteiger charge is -2.19. The molecule has 1 amide bonds. The van der Waals surface area contributed by atoms with Crippen molar-refractivity contribution in [3.63, 3.8) is 0 Å². The second-order valence-corrected chi connectivity index (χ2v) is 12.2. The lowest BCUT2D eigenvalue weighted by molar-refractivity contribution is -0.123. The number of hydrogen-bond donors (Lipinski definition) is 3. The molecule has 0 aliphatic rings. The molecule has 0 rings (SSSR count). The molecule has 0 aromatic rings. The predicted molar refractivity (Wildman–Crippen MR) is 206 cm³/mol. The molecule has 0 fully saturated rings. The Morgan fingerprint density at radius 1 is 0.511 bits per heavy atom. The molecule has 0 aromatic carbocycles. The van der Waals surface area contributed by atoms with E-state index in [1.54, 1.807) is 6.08 Å². The third-order valence-corrected chi connectivity index (χ3v) is 7.79. The number of carbonyl (C=O) groups is 1. The van der Waals surface area contributed by atoms with Crippen molar-refractivity contribution in [3.8, 4) is 0 Å². The van der Waals surface area contributed by atoms with Crippen LogP contribution in [-0.4, -0.2) is 34.9 Å². The highest BCUT2D eigenvalue weighted by molar-refractivity contribution is 5.76. The first kappa shape index (κ1) is 44.3. The first-order valence-corrected chi connectivity index (χ1v) is 19.0. The van der Waals surface area contributed by atoms with Gasteiger partial charge in [-0.05, 0) is 83.5 Å². The van der Waals surface area contributed by atoms with Crippen molar-refractivity contribution in [2.75, 3.05) is 6.61 Å². The van der Waals surface area contributed by atoms with Crippen LogP contribution in [0, 0.1) is 0 Å². The minimum Gasteiger partial charge on any atom is -0.394 e. The van der Waals surface area contributed by atoms with E-state index in [0.29, 0.717) is 6.42 Å². The number of allylic oxidation sites excluding steroid dienone is 15. The van der Waals surface area contributed by atoms with Gasteiger partial charge in [0.1, 0.15) is 0 Å². The van der Waals surface area contributed by atoms with Crippen molar-refractivity contribution in [2.24, 2.45) is 0 Å². The molecule has 4 heteroatoms. The van der Waals surface area contributed by atoms with Gasteiger partial charge >= 0.3 is 0 Å². The van der Waals surface area contributed by atoms with Gasteiger partial charge in [-0.15, -0.1) is 0 Å². The van der Waals surface area contributed by atoms with E-state index in [1.807, 2.05) is 6.08 Å². The van der Waals surface area contributed by atoms with Crippen molar-refractivity contribution in [2.45, 2.75) is 161 Å². The molecule has 0 aliphatic carbocycles. The monoisotopic (exact) mass is 650 g/mol. The van der Waals surface area contributed by atoms with Gasteiger partial charge in [0.15, 0.2) is 0 Å². The molecule has 266 valence electrons. The van der Waals surface area contributed by atoms with Gasteiger partial charge < -0.3 is 15.5 Å². The fraction of sp³-hybridized carbons (Fsp3) is 0.605. The minimum atomic E-state index is -0.876. The smallest absolute Gasteiger partial charge is 0.220 e. The maximum atomic E-state index is 12.3. The van der Waals surface area contributed by atoms with E-state index < -0.39 is 12.1 Å². The van der Waals surface area contributed by atoms with E-state index in [4.69, 9.17) is 0 Å². The van der Waals surface area contributed by atoms with Crippen LogP contribution in [0.2, 0.25) is 0 Å². The summed E-state index contributed by atoms with van der Waals surface area (Å²) in [4.78, 5) is 12.3. The number of rotatable bonds is 32. The standard InChI is InChI=1S/C43H71NO3/c1-3-5-7-9-11-13-15-16-17-18-19-20-21-22-23-24-25-26-27-28-29-31-33-35-37-39-43(47)44-41(40-45)42(46)38-36-34-32-30-14-12-10-8-6-4-2/h5-8,11,13-14,16-17,19-20,22-23,30,36,38,41-42,45-46H,3-4,9-10,12,15,18,21,24-29,31-35,37,39-40H2,1-2H3,(H,44,47)/b7-5-,8-6+,13-11-,17-16-,20-19-,23-22-,30-14+,38-36+. The molecule has 2 atom stereocenters. The quantitative estimate of drug-likeness (QED) is 0.0502. The maximum absolute atomic E-state index is 12.3. The van der Waals surface area contributed by atoms with E-state index in [0.717, 1.165) is 83.5 Å². The van der Waals surface area contributed by atoms with Gasteiger partial charge in [-0.25, -0.2) is 0 Å². The summed E-state index contributed by atoms with van der Waals surface area (Å²) in [7, 11) is 0. The normalized spacial score (nSPS) is 14.2. The van der Waals surface area contributed by atoms with Crippen LogP contribution in [0.5, 0.6) is 0 Å². The highest BCUT2D eigenvalue weighted by atomic mass is 16.3. The van der Waals surface area contributed by atoms with Gasteiger partial charge in [0, 0.05) is 6.42 Å². The molecule has 0 radical (unpaired) electrons. The van der Waals surface area contributed by atoms with Crippen LogP contribution in [0.4, 0.5) is 0 Å². The number of amides is 1. The highest BCUT2D eigenvalue weighted by Crippen LogP contribution is 2.12. The van der Waals surface area contributed by atoms with Crippen molar-refractivity contribution in [1.82, 2.24) is 5.32 Å². The molecule has 3 N–H and O–H groups in total. The second-order valence-electron chi connectivity index (χ2n) is 12.2. The lowest BCUT2D eigenvalue weighted by atomic mass is 10.1. The van der Waals surface area contributed by atoms with Gasteiger partial charge in [-0.3, -0.25) is 4.79 Å². The average molecular weight is 650 g/mol. The van der Waals surface area contributed by atoms with Crippen LogP contribution in [0.3, 0.4) is 0 Å². The van der Waals surface area contributed by atoms with Crippen molar-refractivity contribution in [1.29, 1.82) is 0 Å². The number of hydrogen-bond acceptors (Lipinski definition) is 3. The summed E-state index contributed by atoms with van der Waals surface area (Å²) in [6.45, 7) is 4.03. The largest absolute Gasteiger partial charge is 0.394 e. The maximum Gasteiger partial charge on any atom is 0.220 e. The van der Waals surface area contributed by atoms with Crippen LogP contribution in [0.1, 0.15) is 149 Å². The molecule has 0 saturated heterocycles. The molecule has 0 aromatic heterocycles. The van der Waals surface area contributed by atoms with Gasteiger partial charge in [0.05, 0.1) is 18.8 Å². The Labute approximate surface area is 290 Å². The zero-order valence-electron chi connectivity index (χ0n) is 30.3. The highest BCUT2D eigenvalue weighted by Gasteiger charge is 2.17. The number of aliphatic hydroxyl groups is 2. The number of aliphatic hydroxyl groups excluding tert-OH is 2. The summed E-state index contributed by atoms with van der Waals surface area (Å²) in [6, 6.07) is -0.652. The van der Waals surface area contributed by atoms with E-state index in [-0.39, 0.29) is 12.5 Å². The van der Waals surface area contributed by atoms with Crippen LogP contribution in [0.25, 0.3) is 0 Å². The third-order valence-electron chi connectivity index (χ3n) is 7.79. The molecule has 4 nitrogen and oxygen atoms in total. The van der Waals surface area contributed by atoms with E-state index in [1.165, 1.54) is 44.9 Å². The van der Waals surface area contributed by atoms with Crippen LogP contribution in [0.15, 0.2) is 97.2 Å². The summed E-state index contributed by atoms with van der Waals surface area (Å²) in [5, 5.41) is 22.8. The number of unbranched alkanes of at least 4 members (excludes halogenated alkanes) is 11. The Bertz CT molecular complexity index is 921. The summed E-state index contributed by atoms with van der Waals surface area (Å²) >= 11 is 0. The van der Waals surface area contributed by atoms with Gasteiger partial charge in [0.2, 0.25) is 5.91 Å². The first-order chi connectivity index (χ1) is 23.2. The molecule has 0 bridgehead atoms. The predicted octanol–water partition coefficient (Wildman–Crippen LogP) is 11.5. The summed E-state index contributed by atoms with van der Waals surface area (Å²) in [6.07, 6.45) is 56.5. The Morgan fingerprint density at radius 3 is 1.40 bits per heavy atom. The molecular weight excluding hydrogens is 578 g/mol. The second kappa shape index (κ2) is 37.8. The fourth-order valence-electron chi connectivity index (χ4n) is 4.95. The van der Waals surface area contributed by atoms with E-state index in [2.05, 4.69) is 104 Å².